The normalized spacial score (nSPS) is 11.0. The fourth-order valence-corrected chi connectivity index (χ4v) is 2.80. The minimum absolute atomic E-state index is 0.0940. The number of allylic oxidation sites excluding steroid dienone is 3. The highest BCUT2D eigenvalue weighted by atomic mass is 16.6. The van der Waals surface area contributed by atoms with Crippen molar-refractivity contribution in [2.45, 2.75) is 38.5 Å². The molecule has 0 spiro atoms. The minimum atomic E-state index is -0.405. The molecule has 0 heterocycles. The molecule has 144 valence electrons. The molecule has 2 aromatic rings. The number of nitro benzene ring substituents is 1. The van der Waals surface area contributed by atoms with Crippen LogP contribution in [0.15, 0.2) is 72.3 Å². The number of nitrogens with zero attached hydrogens (tertiary/aromatic N) is 1. The van der Waals surface area contributed by atoms with Gasteiger partial charge in [0.05, 0.1) is 4.92 Å². The Morgan fingerprint density at radius 1 is 0.857 bits per heavy atom. The first-order valence-electron chi connectivity index (χ1n) is 9.54. The first-order chi connectivity index (χ1) is 13.7. The van der Waals surface area contributed by atoms with Crippen LogP contribution in [0.2, 0.25) is 0 Å². The third-order valence-corrected chi connectivity index (χ3v) is 4.37. The van der Waals surface area contributed by atoms with E-state index in [4.69, 9.17) is 0 Å². The SMILES string of the molecule is O=C=C(CCC/C=C/c1ccccc1)CCC/C=C/c1ccc([N+](=O)[O-])cc1. The van der Waals surface area contributed by atoms with Crippen molar-refractivity contribution in [2.24, 2.45) is 0 Å². The van der Waals surface area contributed by atoms with E-state index in [0.717, 1.165) is 49.7 Å². The molecule has 2 aromatic carbocycles. The van der Waals surface area contributed by atoms with Crippen LogP contribution in [0.3, 0.4) is 0 Å². The van der Waals surface area contributed by atoms with Crippen LogP contribution >= 0.6 is 0 Å². The fourth-order valence-electron chi connectivity index (χ4n) is 2.80. The van der Waals surface area contributed by atoms with Gasteiger partial charge in [0.15, 0.2) is 0 Å². The van der Waals surface area contributed by atoms with E-state index in [0.29, 0.717) is 0 Å². The van der Waals surface area contributed by atoms with Crippen LogP contribution in [0, 0.1) is 10.1 Å². The van der Waals surface area contributed by atoms with Gasteiger partial charge in [-0.3, -0.25) is 10.1 Å². The summed E-state index contributed by atoms with van der Waals surface area (Å²) in [5.74, 6) is 2.09. The van der Waals surface area contributed by atoms with Crippen molar-refractivity contribution in [2.75, 3.05) is 0 Å². The van der Waals surface area contributed by atoms with Crippen LogP contribution in [-0.4, -0.2) is 10.9 Å². The molecule has 0 unspecified atom stereocenters. The Balaban J connectivity index is 1.63. The van der Waals surface area contributed by atoms with Gasteiger partial charge in [0.1, 0.15) is 5.94 Å². The number of non-ortho nitro benzene ring substituents is 1. The number of hydrogen-bond donors (Lipinski definition) is 0. The summed E-state index contributed by atoms with van der Waals surface area (Å²) in [6.07, 6.45) is 13.4. The monoisotopic (exact) mass is 375 g/mol. The molecule has 0 saturated heterocycles. The zero-order valence-corrected chi connectivity index (χ0v) is 15.9. The molecular weight excluding hydrogens is 350 g/mol. The topological polar surface area (TPSA) is 60.2 Å². The molecule has 0 aromatic heterocycles. The second-order valence-corrected chi connectivity index (χ2v) is 6.55. The molecule has 0 atom stereocenters. The summed E-state index contributed by atoms with van der Waals surface area (Å²) in [6.45, 7) is 0. The smallest absolute Gasteiger partial charge is 0.258 e. The lowest BCUT2D eigenvalue weighted by Gasteiger charge is -2.01. The van der Waals surface area contributed by atoms with E-state index in [9.17, 15) is 14.9 Å². The second kappa shape index (κ2) is 12.2. The quantitative estimate of drug-likeness (QED) is 0.197. The Bertz CT molecular complexity index is 845. The minimum Gasteiger partial charge on any atom is -0.258 e. The molecule has 0 bridgehead atoms. The predicted molar refractivity (Wildman–Crippen MR) is 115 cm³/mol. The van der Waals surface area contributed by atoms with Crippen molar-refractivity contribution in [1.82, 2.24) is 0 Å². The van der Waals surface area contributed by atoms with Crippen LogP contribution < -0.4 is 0 Å². The summed E-state index contributed by atoms with van der Waals surface area (Å²) in [5, 5.41) is 10.6. The van der Waals surface area contributed by atoms with Crippen LogP contribution in [0.5, 0.6) is 0 Å². The summed E-state index contributed by atoms with van der Waals surface area (Å²) >= 11 is 0. The highest BCUT2D eigenvalue weighted by molar-refractivity contribution is 5.53. The molecule has 4 nitrogen and oxygen atoms in total. The molecule has 0 saturated carbocycles. The van der Waals surface area contributed by atoms with Crippen LogP contribution in [-0.2, 0) is 4.79 Å². The van der Waals surface area contributed by atoms with Gasteiger partial charge in [0.25, 0.3) is 5.69 Å². The second-order valence-electron chi connectivity index (χ2n) is 6.55. The molecule has 28 heavy (non-hydrogen) atoms. The predicted octanol–water partition coefficient (Wildman–Crippen LogP) is 6.42. The molecular formula is C24H25NO3. The molecule has 2 rings (SSSR count). The van der Waals surface area contributed by atoms with E-state index in [-0.39, 0.29) is 5.69 Å². The molecule has 0 aliphatic rings. The molecule has 0 aliphatic heterocycles. The van der Waals surface area contributed by atoms with Crippen LogP contribution in [0.1, 0.15) is 49.7 Å². The Hall–Kier alpha value is -3.23. The summed E-state index contributed by atoms with van der Waals surface area (Å²) in [4.78, 5) is 21.3. The van der Waals surface area contributed by atoms with E-state index >= 15 is 0 Å². The van der Waals surface area contributed by atoms with Gasteiger partial charge < -0.3 is 0 Å². The summed E-state index contributed by atoms with van der Waals surface area (Å²) in [5.41, 5.74) is 3.06. The van der Waals surface area contributed by atoms with E-state index in [1.807, 2.05) is 30.4 Å². The highest BCUT2D eigenvalue weighted by Crippen LogP contribution is 2.15. The zero-order chi connectivity index (χ0) is 20.0. The number of benzene rings is 2. The number of hydrogen-bond acceptors (Lipinski definition) is 3. The molecule has 0 N–H and O–H groups in total. The van der Waals surface area contributed by atoms with E-state index in [2.05, 4.69) is 30.2 Å². The van der Waals surface area contributed by atoms with E-state index in [1.54, 1.807) is 12.1 Å². The maximum atomic E-state index is 11.1. The van der Waals surface area contributed by atoms with Crippen molar-refractivity contribution in [1.29, 1.82) is 0 Å². The third kappa shape index (κ3) is 7.98. The van der Waals surface area contributed by atoms with Gasteiger partial charge in [-0.1, -0.05) is 54.6 Å². The van der Waals surface area contributed by atoms with Gasteiger partial charge in [-0.15, -0.1) is 0 Å². The van der Waals surface area contributed by atoms with Crippen LogP contribution in [0.4, 0.5) is 5.69 Å². The average molecular weight is 375 g/mol. The summed E-state index contributed by atoms with van der Waals surface area (Å²) < 4.78 is 0. The maximum absolute atomic E-state index is 11.1. The number of unbranched alkanes of at least 4 members (excludes halogenated alkanes) is 2. The van der Waals surface area contributed by atoms with Crippen molar-refractivity contribution < 1.29 is 9.72 Å². The van der Waals surface area contributed by atoms with Crippen molar-refractivity contribution >= 4 is 23.8 Å². The molecule has 4 heteroatoms. The zero-order valence-electron chi connectivity index (χ0n) is 15.9. The van der Waals surface area contributed by atoms with E-state index in [1.165, 1.54) is 17.7 Å². The van der Waals surface area contributed by atoms with Crippen molar-refractivity contribution in [3.05, 3.63) is 93.6 Å². The molecule has 0 radical (unpaired) electrons. The van der Waals surface area contributed by atoms with Crippen molar-refractivity contribution in [3.8, 4) is 0 Å². The first kappa shape index (κ1) is 21.1. The lowest BCUT2D eigenvalue weighted by atomic mass is 10.0. The lowest BCUT2D eigenvalue weighted by molar-refractivity contribution is -0.384. The molecule has 0 amide bonds. The molecule has 0 fully saturated rings. The highest BCUT2D eigenvalue weighted by Gasteiger charge is 2.02. The van der Waals surface area contributed by atoms with E-state index < -0.39 is 4.92 Å². The lowest BCUT2D eigenvalue weighted by Crippen LogP contribution is -1.87. The third-order valence-electron chi connectivity index (χ3n) is 4.37. The number of carbonyl (C=O) groups excluding carboxylic acids is 1. The van der Waals surface area contributed by atoms with Crippen LogP contribution in [0.25, 0.3) is 12.2 Å². The first-order valence-corrected chi connectivity index (χ1v) is 9.54. The number of rotatable bonds is 11. The van der Waals surface area contributed by atoms with Crippen molar-refractivity contribution in [3.63, 3.8) is 0 Å². The Morgan fingerprint density at radius 2 is 1.39 bits per heavy atom. The Morgan fingerprint density at radius 3 is 1.89 bits per heavy atom. The van der Waals surface area contributed by atoms with Gasteiger partial charge in [-0.2, -0.15) is 0 Å². The largest absolute Gasteiger partial charge is 0.269 e. The Kier molecular flexibility index (Phi) is 9.19. The fraction of sp³-hybridized carbons (Fsp3) is 0.250. The number of nitro groups is 1. The standard InChI is InChI=1S/C24H25NO3/c26-20-23(14-8-2-6-12-21-10-4-1-5-11-21)15-9-3-7-13-22-16-18-24(19-17-22)25(27)28/h1,4-7,10-13,16-19H,2-3,8-9,14-15H2/b12-6+,13-7+. The Labute approximate surface area is 166 Å². The average Bonchev–Trinajstić information content (AvgIpc) is 2.73. The summed E-state index contributed by atoms with van der Waals surface area (Å²) in [7, 11) is 0. The summed E-state index contributed by atoms with van der Waals surface area (Å²) in [6, 6.07) is 16.6. The van der Waals surface area contributed by atoms with Gasteiger partial charge in [0.2, 0.25) is 0 Å². The van der Waals surface area contributed by atoms with Gasteiger partial charge >= 0.3 is 0 Å². The van der Waals surface area contributed by atoms with Gasteiger partial charge in [-0.25, -0.2) is 4.79 Å². The maximum Gasteiger partial charge on any atom is 0.269 e. The van der Waals surface area contributed by atoms with Gasteiger partial charge in [0, 0.05) is 17.7 Å². The van der Waals surface area contributed by atoms with Gasteiger partial charge in [-0.05, 0) is 61.8 Å². The molecule has 0 aliphatic carbocycles.